The van der Waals surface area contributed by atoms with E-state index in [-0.39, 0.29) is 0 Å². The summed E-state index contributed by atoms with van der Waals surface area (Å²) in [6.45, 7) is 0. The van der Waals surface area contributed by atoms with Gasteiger partial charge in [-0.15, -0.1) is 0 Å². The van der Waals surface area contributed by atoms with Crippen molar-refractivity contribution in [2.45, 2.75) is 9.65 Å². The zero-order valence-corrected chi connectivity index (χ0v) is 9.70. The zero-order chi connectivity index (χ0) is 8.55. The molecule has 0 saturated carbocycles. The summed E-state index contributed by atoms with van der Waals surface area (Å²) in [6.07, 6.45) is 13.6. The normalized spacial score (nSPS) is 44.5. The van der Waals surface area contributed by atoms with Crippen molar-refractivity contribution in [3.63, 3.8) is 0 Å². The summed E-state index contributed by atoms with van der Waals surface area (Å²) in [4.78, 5) is 0.935. The number of halogens is 2. The molecule has 0 saturated heterocycles. The highest BCUT2D eigenvalue weighted by atomic mass is 79.9. The van der Waals surface area contributed by atoms with Crippen LogP contribution in [0.2, 0.25) is 0 Å². The van der Waals surface area contributed by atoms with Gasteiger partial charge in [-0.1, -0.05) is 68.3 Å². The second kappa shape index (κ2) is 3.51. The average Bonchev–Trinajstić information content (AvgIpc) is 2.33. The van der Waals surface area contributed by atoms with Gasteiger partial charge >= 0.3 is 0 Å². The molecule has 0 nitrogen and oxygen atoms in total. The Hall–Kier alpha value is 0.180. The molecule has 0 amide bonds. The number of allylic oxidation sites excluding steroid dienone is 6. The van der Waals surface area contributed by atoms with Crippen LogP contribution in [-0.2, 0) is 0 Å². The van der Waals surface area contributed by atoms with E-state index in [0.717, 1.165) is 0 Å². The Balaban J connectivity index is 2.35. The van der Waals surface area contributed by atoms with Crippen LogP contribution in [0.4, 0.5) is 0 Å². The van der Waals surface area contributed by atoms with E-state index in [9.17, 15) is 0 Å². The first kappa shape index (κ1) is 8.76. The molecule has 0 aromatic heterocycles. The zero-order valence-electron chi connectivity index (χ0n) is 6.53. The van der Waals surface area contributed by atoms with Crippen LogP contribution in [0.25, 0.3) is 0 Å². The van der Waals surface area contributed by atoms with Gasteiger partial charge in [-0.3, -0.25) is 0 Å². The molecule has 64 valence electrons. The Morgan fingerprint density at radius 1 is 0.583 bits per heavy atom. The van der Waals surface area contributed by atoms with E-state index in [1.165, 1.54) is 0 Å². The molecule has 0 aromatic carbocycles. The number of hydrogen-bond donors (Lipinski definition) is 0. The van der Waals surface area contributed by atoms with Crippen molar-refractivity contribution in [2.24, 2.45) is 11.8 Å². The summed E-state index contributed by atoms with van der Waals surface area (Å²) in [7, 11) is 0. The Bertz CT molecular complexity index is 223. The minimum absolute atomic E-state index is 0.468. The first-order valence-corrected chi connectivity index (χ1v) is 5.93. The standard InChI is InChI=1S/C10H10Br2/c11-9-6-4-8-2-1-7(9)3-5-10(8)12/h1-10H. The highest BCUT2D eigenvalue weighted by Gasteiger charge is 2.21. The molecule has 0 aliphatic heterocycles. The van der Waals surface area contributed by atoms with Crippen LogP contribution in [0.5, 0.6) is 0 Å². The Kier molecular flexibility index (Phi) is 2.56. The molecule has 2 aliphatic carbocycles. The van der Waals surface area contributed by atoms with E-state index in [1.54, 1.807) is 0 Å². The summed E-state index contributed by atoms with van der Waals surface area (Å²) in [5, 5.41) is 0. The number of fused-ring (bicyclic) bond motifs is 2. The molecular weight excluding hydrogens is 280 g/mol. The van der Waals surface area contributed by atoms with Crippen molar-refractivity contribution < 1.29 is 0 Å². The third kappa shape index (κ3) is 1.60. The molecule has 2 bridgehead atoms. The second-order valence-corrected chi connectivity index (χ2v) is 5.31. The predicted molar refractivity (Wildman–Crippen MR) is 59.8 cm³/mol. The van der Waals surface area contributed by atoms with Crippen LogP contribution in [0.15, 0.2) is 36.5 Å². The highest BCUT2D eigenvalue weighted by molar-refractivity contribution is 9.09. The van der Waals surface area contributed by atoms with Gasteiger partial charge in [-0.05, 0) is 0 Å². The fourth-order valence-electron chi connectivity index (χ4n) is 1.53. The fourth-order valence-corrected chi connectivity index (χ4v) is 2.59. The lowest BCUT2D eigenvalue weighted by atomic mass is 10.0. The molecule has 4 atom stereocenters. The van der Waals surface area contributed by atoms with Crippen LogP contribution in [-0.4, -0.2) is 9.65 Å². The SMILES string of the molecule is BrC1C=CC2C=CC1C=CC2Br. The minimum atomic E-state index is 0.468. The van der Waals surface area contributed by atoms with Crippen molar-refractivity contribution in [3.05, 3.63) is 36.5 Å². The lowest BCUT2D eigenvalue weighted by molar-refractivity contribution is 0.840. The Morgan fingerprint density at radius 3 is 1.33 bits per heavy atom. The van der Waals surface area contributed by atoms with Crippen LogP contribution in [0.1, 0.15) is 0 Å². The van der Waals surface area contributed by atoms with E-state index in [2.05, 4.69) is 68.3 Å². The van der Waals surface area contributed by atoms with E-state index in [1.807, 2.05) is 0 Å². The Labute approximate surface area is 89.7 Å². The first-order valence-electron chi connectivity index (χ1n) is 4.10. The minimum Gasteiger partial charge on any atom is -0.0835 e. The third-order valence-corrected chi connectivity index (χ3v) is 4.16. The second-order valence-electron chi connectivity index (χ2n) is 3.20. The van der Waals surface area contributed by atoms with Gasteiger partial charge in [-0.25, -0.2) is 0 Å². The molecule has 0 spiro atoms. The maximum Gasteiger partial charge on any atom is 0.0423 e. The molecular formula is C10H10Br2. The van der Waals surface area contributed by atoms with Crippen LogP contribution in [0, 0.1) is 11.8 Å². The molecule has 0 heterocycles. The van der Waals surface area contributed by atoms with Crippen molar-refractivity contribution in [3.8, 4) is 0 Å². The Morgan fingerprint density at radius 2 is 0.917 bits per heavy atom. The van der Waals surface area contributed by atoms with E-state index >= 15 is 0 Å². The maximum absolute atomic E-state index is 3.64. The van der Waals surface area contributed by atoms with Crippen molar-refractivity contribution in [2.75, 3.05) is 0 Å². The van der Waals surface area contributed by atoms with Crippen LogP contribution in [0.3, 0.4) is 0 Å². The summed E-state index contributed by atoms with van der Waals surface area (Å²) in [6, 6.07) is 0. The molecule has 0 aromatic rings. The number of alkyl halides is 2. The van der Waals surface area contributed by atoms with Gasteiger partial charge in [0.1, 0.15) is 0 Å². The number of hydrogen-bond acceptors (Lipinski definition) is 0. The summed E-state index contributed by atoms with van der Waals surface area (Å²) >= 11 is 7.28. The molecule has 0 radical (unpaired) electrons. The van der Waals surface area contributed by atoms with Gasteiger partial charge < -0.3 is 0 Å². The molecule has 0 fully saturated rings. The molecule has 0 N–H and O–H groups in total. The fraction of sp³-hybridized carbons (Fsp3) is 0.400. The monoisotopic (exact) mass is 288 g/mol. The largest absolute Gasteiger partial charge is 0.0835 e. The maximum atomic E-state index is 3.64. The van der Waals surface area contributed by atoms with Gasteiger partial charge in [0.2, 0.25) is 0 Å². The summed E-state index contributed by atoms with van der Waals surface area (Å²) < 4.78 is 0. The number of rotatable bonds is 0. The quantitative estimate of drug-likeness (QED) is 0.473. The smallest absolute Gasteiger partial charge is 0.0423 e. The average molecular weight is 290 g/mol. The van der Waals surface area contributed by atoms with Crippen molar-refractivity contribution in [1.29, 1.82) is 0 Å². The van der Waals surface area contributed by atoms with Crippen molar-refractivity contribution >= 4 is 31.9 Å². The summed E-state index contributed by atoms with van der Waals surface area (Å²) in [5.74, 6) is 1.04. The predicted octanol–water partition coefficient (Wildman–Crippen LogP) is 3.44. The van der Waals surface area contributed by atoms with Gasteiger partial charge in [-0.2, -0.15) is 0 Å². The van der Waals surface area contributed by atoms with Crippen LogP contribution < -0.4 is 0 Å². The topological polar surface area (TPSA) is 0 Å². The first-order chi connectivity index (χ1) is 5.77. The lowest BCUT2D eigenvalue weighted by Gasteiger charge is -2.14. The molecule has 2 heteroatoms. The van der Waals surface area contributed by atoms with E-state index in [4.69, 9.17) is 0 Å². The summed E-state index contributed by atoms with van der Waals surface area (Å²) in [5.41, 5.74) is 0. The van der Waals surface area contributed by atoms with E-state index in [0.29, 0.717) is 21.5 Å². The molecule has 2 rings (SSSR count). The van der Waals surface area contributed by atoms with Gasteiger partial charge in [0.05, 0.1) is 0 Å². The molecule has 2 aliphatic rings. The molecule has 4 unspecified atom stereocenters. The van der Waals surface area contributed by atoms with Gasteiger partial charge in [0, 0.05) is 21.5 Å². The van der Waals surface area contributed by atoms with Gasteiger partial charge in [0.15, 0.2) is 0 Å². The van der Waals surface area contributed by atoms with Crippen molar-refractivity contribution in [1.82, 2.24) is 0 Å². The van der Waals surface area contributed by atoms with Crippen LogP contribution >= 0.6 is 31.9 Å². The third-order valence-electron chi connectivity index (χ3n) is 2.33. The molecule has 12 heavy (non-hydrogen) atoms. The van der Waals surface area contributed by atoms with Gasteiger partial charge in [0.25, 0.3) is 0 Å². The van der Waals surface area contributed by atoms with E-state index < -0.39 is 0 Å². The highest BCUT2D eigenvalue weighted by Crippen LogP contribution is 2.30. The lowest BCUT2D eigenvalue weighted by Crippen LogP contribution is -2.09.